The minimum Gasteiger partial charge on any atom is -0.394 e. The molecule has 3 rings (SSSR count). The number of anilines is 3. The summed E-state index contributed by atoms with van der Waals surface area (Å²) in [6.07, 6.45) is 0. The average molecular weight is 726 g/mol. The molecule has 0 aliphatic rings. The first kappa shape index (κ1) is 43.1. The molecule has 0 saturated carbocycles. The van der Waals surface area contributed by atoms with Crippen LogP contribution in [0.25, 0.3) is 0 Å². The lowest BCUT2D eigenvalue weighted by Gasteiger charge is -2.26. The Kier molecular flexibility index (Phi) is 22.0. The van der Waals surface area contributed by atoms with Crippen LogP contribution in [0, 0.1) is 0 Å². The third kappa shape index (κ3) is 15.8. The molecule has 0 bridgehead atoms. The van der Waals surface area contributed by atoms with E-state index in [0.717, 1.165) is 26.2 Å². The summed E-state index contributed by atoms with van der Waals surface area (Å²) in [5, 5.41) is 17.5. The first-order valence-electron chi connectivity index (χ1n) is 18.7. The summed E-state index contributed by atoms with van der Waals surface area (Å²) in [6, 6.07) is 26.8. The molecule has 0 atom stereocenters. The van der Waals surface area contributed by atoms with Crippen molar-refractivity contribution in [3.05, 3.63) is 89.5 Å². The van der Waals surface area contributed by atoms with E-state index in [-0.39, 0.29) is 19.1 Å². The van der Waals surface area contributed by atoms with Crippen molar-refractivity contribution in [2.75, 3.05) is 147 Å². The van der Waals surface area contributed by atoms with E-state index in [0.29, 0.717) is 79.3 Å². The number of aliphatic hydroxyl groups is 2. The second kappa shape index (κ2) is 26.5. The third-order valence-corrected chi connectivity index (χ3v) is 8.66. The van der Waals surface area contributed by atoms with Crippen molar-refractivity contribution in [2.24, 2.45) is 0 Å². The van der Waals surface area contributed by atoms with Gasteiger partial charge in [-0.2, -0.15) is 0 Å². The van der Waals surface area contributed by atoms with Crippen LogP contribution >= 0.6 is 0 Å². The second-order valence-corrected chi connectivity index (χ2v) is 12.4. The fraction of sp³-hybridized carbons (Fsp3) is 0.561. The van der Waals surface area contributed by atoms with Crippen LogP contribution in [0.15, 0.2) is 72.8 Å². The largest absolute Gasteiger partial charge is 0.394 e. The lowest BCUT2D eigenvalue weighted by atomic mass is 9.85. The molecule has 0 amide bonds. The average Bonchev–Trinajstić information content (AvgIpc) is 3.17. The van der Waals surface area contributed by atoms with Crippen LogP contribution in [0.2, 0.25) is 0 Å². The molecule has 290 valence electrons. The maximum Gasteiger partial charge on any atom is 0.0701 e. The highest BCUT2D eigenvalue weighted by molar-refractivity contribution is 5.56. The van der Waals surface area contributed by atoms with Crippen LogP contribution in [-0.2, 0) is 28.4 Å². The van der Waals surface area contributed by atoms with Gasteiger partial charge in [-0.3, -0.25) is 0 Å². The summed E-state index contributed by atoms with van der Waals surface area (Å²) < 4.78 is 33.1. The minimum absolute atomic E-state index is 0.0270. The Morgan fingerprint density at radius 3 is 1.00 bits per heavy atom. The molecule has 52 heavy (non-hydrogen) atoms. The Balaban J connectivity index is 1.61. The summed E-state index contributed by atoms with van der Waals surface area (Å²) in [4.78, 5) is 6.78. The van der Waals surface area contributed by atoms with E-state index in [1.165, 1.54) is 33.8 Å². The molecule has 0 saturated heterocycles. The molecule has 0 radical (unpaired) electrons. The van der Waals surface area contributed by atoms with Crippen LogP contribution in [-0.4, -0.2) is 143 Å². The number of hydrogen-bond donors (Lipinski definition) is 2. The van der Waals surface area contributed by atoms with Gasteiger partial charge in [0, 0.05) is 63.3 Å². The highest BCUT2D eigenvalue weighted by atomic mass is 16.6. The molecule has 3 aromatic rings. The summed E-state index contributed by atoms with van der Waals surface area (Å²) in [6.45, 7) is 13.7. The summed E-state index contributed by atoms with van der Waals surface area (Å²) in [5.41, 5.74) is 7.24. The van der Waals surface area contributed by atoms with Crippen LogP contribution in [0.4, 0.5) is 17.1 Å². The van der Waals surface area contributed by atoms with Crippen molar-refractivity contribution < 1.29 is 38.6 Å². The smallest absolute Gasteiger partial charge is 0.0701 e. The van der Waals surface area contributed by atoms with E-state index in [1.807, 2.05) is 0 Å². The number of ether oxygens (including phenoxy) is 6. The van der Waals surface area contributed by atoms with Gasteiger partial charge >= 0.3 is 0 Å². The van der Waals surface area contributed by atoms with Gasteiger partial charge in [-0.1, -0.05) is 36.4 Å². The highest BCUT2D eigenvalue weighted by Crippen LogP contribution is 2.35. The fourth-order valence-corrected chi connectivity index (χ4v) is 5.80. The molecule has 0 aromatic heterocycles. The Bertz CT molecular complexity index is 1220. The van der Waals surface area contributed by atoms with Crippen molar-refractivity contribution in [1.82, 2.24) is 0 Å². The first-order chi connectivity index (χ1) is 25.5. The number of rotatable bonds is 30. The first-order valence-corrected chi connectivity index (χ1v) is 18.7. The summed E-state index contributed by atoms with van der Waals surface area (Å²) in [5.74, 6) is 0.0826. The number of benzene rings is 3. The predicted octanol–water partition coefficient (Wildman–Crippen LogP) is 4.67. The zero-order valence-electron chi connectivity index (χ0n) is 31.9. The van der Waals surface area contributed by atoms with Gasteiger partial charge in [0.25, 0.3) is 0 Å². The van der Waals surface area contributed by atoms with Gasteiger partial charge in [-0.05, 0) is 66.9 Å². The zero-order valence-corrected chi connectivity index (χ0v) is 31.9. The molecule has 11 nitrogen and oxygen atoms in total. The van der Waals surface area contributed by atoms with E-state index < -0.39 is 0 Å². The van der Waals surface area contributed by atoms with Crippen molar-refractivity contribution >= 4 is 17.1 Å². The third-order valence-electron chi connectivity index (χ3n) is 8.66. The van der Waals surface area contributed by atoms with E-state index in [1.54, 1.807) is 0 Å². The Morgan fingerprint density at radius 1 is 0.423 bits per heavy atom. The number of hydrogen-bond acceptors (Lipinski definition) is 11. The quantitative estimate of drug-likeness (QED) is 0.0741. The molecular formula is C41H63N3O8. The normalized spacial score (nSPS) is 11.4. The predicted molar refractivity (Wildman–Crippen MR) is 209 cm³/mol. The Hall–Kier alpha value is -3.26. The van der Waals surface area contributed by atoms with Gasteiger partial charge < -0.3 is 53.3 Å². The molecule has 0 spiro atoms. The van der Waals surface area contributed by atoms with E-state index in [9.17, 15) is 0 Å². The lowest BCUT2D eigenvalue weighted by molar-refractivity contribution is 0.00875. The molecule has 0 aliphatic carbocycles. The zero-order chi connectivity index (χ0) is 37.2. The van der Waals surface area contributed by atoms with E-state index in [2.05, 4.69) is 115 Å². The van der Waals surface area contributed by atoms with Crippen molar-refractivity contribution in [3.63, 3.8) is 0 Å². The summed E-state index contributed by atoms with van der Waals surface area (Å²) >= 11 is 0. The SMILES string of the molecule is CCN(CCOCCOCCOCCO)c1ccc(C(c2ccc(N(C)C)cc2)c2ccc(N(CC)CCOCCOCCOCCO)cc2)cc1. The molecule has 0 unspecified atom stereocenters. The summed E-state index contributed by atoms with van der Waals surface area (Å²) in [7, 11) is 4.13. The maximum atomic E-state index is 8.75. The number of aliphatic hydroxyl groups excluding tert-OH is 2. The fourth-order valence-electron chi connectivity index (χ4n) is 5.80. The van der Waals surface area contributed by atoms with Crippen molar-refractivity contribution in [2.45, 2.75) is 19.8 Å². The highest BCUT2D eigenvalue weighted by Gasteiger charge is 2.18. The molecule has 0 fully saturated rings. The molecular weight excluding hydrogens is 662 g/mol. The van der Waals surface area contributed by atoms with Crippen LogP contribution in [0.3, 0.4) is 0 Å². The monoisotopic (exact) mass is 725 g/mol. The molecule has 11 heteroatoms. The van der Waals surface area contributed by atoms with Crippen LogP contribution in [0.5, 0.6) is 0 Å². The molecule has 2 N–H and O–H groups in total. The van der Waals surface area contributed by atoms with Crippen molar-refractivity contribution in [1.29, 1.82) is 0 Å². The molecule has 0 aliphatic heterocycles. The van der Waals surface area contributed by atoms with E-state index >= 15 is 0 Å². The second-order valence-electron chi connectivity index (χ2n) is 12.4. The van der Waals surface area contributed by atoms with E-state index in [4.69, 9.17) is 38.6 Å². The standard InChI is InChI=1S/C41H63N3O8/c1-5-43(19-23-47-27-31-51-33-29-49-25-21-45)39-15-9-36(10-16-39)41(35-7-13-38(14-8-35)42(3)4)37-11-17-40(18-12-37)44(6-2)20-24-48-28-32-52-34-30-50-26-22-46/h7-18,41,45-46H,5-6,19-34H2,1-4H3. The number of nitrogens with zero attached hydrogens (tertiary/aromatic N) is 3. The van der Waals surface area contributed by atoms with Gasteiger partial charge in [0.2, 0.25) is 0 Å². The lowest BCUT2D eigenvalue weighted by Crippen LogP contribution is -2.27. The topological polar surface area (TPSA) is 106 Å². The van der Waals surface area contributed by atoms with Gasteiger partial charge in [-0.25, -0.2) is 0 Å². The Morgan fingerprint density at radius 2 is 0.712 bits per heavy atom. The Labute approximate surface area is 311 Å². The maximum absolute atomic E-state index is 8.75. The number of likely N-dealkylation sites (N-methyl/N-ethyl adjacent to an activating group) is 2. The van der Waals surface area contributed by atoms with Crippen molar-refractivity contribution in [3.8, 4) is 0 Å². The van der Waals surface area contributed by atoms with Crippen LogP contribution in [0.1, 0.15) is 36.5 Å². The minimum atomic E-state index is 0.0270. The van der Waals surface area contributed by atoms with Gasteiger partial charge in [-0.15, -0.1) is 0 Å². The van der Waals surface area contributed by atoms with Gasteiger partial charge in [0.05, 0.1) is 92.5 Å². The molecule has 0 heterocycles. The van der Waals surface area contributed by atoms with Crippen LogP contribution < -0.4 is 14.7 Å². The van der Waals surface area contributed by atoms with Gasteiger partial charge in [0.15, 0.2) is 0 Å². The van der Waals surface area contributed by atoms with Gasteiger partial charge in [0.1, 0.15) is 0 Å². The molecule has 3 aromatic carbocycles.